The van der Waals surface area contributed by atoms with Crippen molar-refractivity contribution in [2.45, 2.75) is 6.61 Å². The Morgan fingerprint density at radius 2 is 2.05 bits per heavy atom. The molecule has 0 aliphatic heterocycles. The average Bonchev–Trinajstić information content (AvgIpc) is 2.40. The van der Waals surface area contributed by atoms with E-state index in [1.54, 1.807) is 18.2 Å². The molecule has 0 spiro atoms. The lowest BCUT2D eigenvalue weighted by Gasteiger charge is -2.08. The highest BCUT2D eigenvalue weighted by molar-refractivity contribution is 9.10. The van der Waals surface area contributed by atoms with Crippen LogP contribution in [0.2, 0.25) is 5.02 Å². The van der Waals surface area contributed by atoms with E-state index in [4.69, 9.17) is 22.1 Å². The number of nitrogens with two attached hydrogens (primary N) is 1. The van der Waals surface area contributed by atoms with Gasteiger partial charge in [-0.1, -0.05) is 33.6 Å². The number of rotatable bonds is 3. The zero-order valence-electron chi connectivity index (χ0n) is 10.2. The third kappa shape index (κ3) is 3.49. The highest BCUT2D eigenvalue weighted by atomic mass is 79.9. The molecule has 0 aromatic heterocycles. The third-order valence-corrected chi connectivity index (χ3v) is 3.45. The van der Waals surface area contributed by atoms with Gasteiger partial charge in [0.2, 0.25) is 0 Å². The molecule has 2 rings (SSSR count). The molecule has 3 nitrogen and oxygen atoms in total. The molecule has 2 N–H and O–H groups in total. The molecular formula is C14H10BrClFNO2. The summed E-state index contributed by atoms with van der Waals surface area (Å²) in [5.74, 6) is -1.24. The van der Waals surface area contributed by atoms with Crippen LogP contribution in [-0.4, -0.2) is 5.97 Å². The average molecular weight is 359 g/mol. The van der Waals surface area contributed by atoms with E-state index in [2.05, 4.69) is 15.9 Å². The van der Waals surface area contributed by atoms with E-state index in [-0.39, 0.29) is 17.9 Å². The second-order valence-corrected chi connectivity index (χ2v) is 5.37. The Labute approximate surface area is 128 Å². The number of hydrogen-bond acceptors (Lipinski definition) is 3. The van der Waals surface area contributed by atoms with E-state index in [1.807, 2.05) is 0 Å². The van der Waals surface area contributed by atoms with Gasteiger partial charge in [0.05, 0.1) is 5.56 Å². The molecule has 0 fully saturated rings. The Morgan fingerprint density at radius 3 is 2.75 bits per heavy atom. The molecule has 0 saturated carbocycles. The van der Waals surface area contributed by atoms with Gasteiger partial charge >= 0.3 is 5.97 Å². The van der Waals surface area contributed by atoms with Crippen molar-refractivity contribution in [1.82, 2.24) is 0 Å². The molecular weight excluding hydrogens is 349 g/mol. The van der Waals surface area contributed by atoms with Crippen molar-refractivity contribution in [3.8, 4) is 0 Å². The summed E-state index contributed by atoms with van der Waals surface area (Å²) in [4.78, 5) is 11.8. The number of esters is 1. The second-order valence-electron chi connectivity index (χ2n) is 4.04. The number of carbonyl (C=O) groups excluding carboxylic acids is 1. The van der Waals surface area contributed by atoms with Crippen LogP contribution in [-0.2, 0) is 11.3 Å². The normalized spacial score (nSPS) is 10.3. The lowest BCUT2D eigenvalue weighted by molar-refractivity contribution is 0.0473. The Kier molecular flexibility index (Phi) is 4.62. The van der Waals surface area contributed by atoms with Crippen LogP contribution in [0.15, 0.2) is 40.9 Å². The van der Waals surface area contributed by atoms with Crippen LogP contribution in [0.25, 0.3) is 0 Å². The Hall–Kier alpha value is -1.59. The van der Waals surface area contributed by atoms with Crippen molar-refractivity contribution in [2.24, 2.45) is 0 Å². The summed E-state index contributed by atoms with van der Waals surface area (Å²) in [7, 11) is 0. The molecule has 0 aliphatic rings. The van der Waals surface area contributed by atoms with Crippen LogP contribution >= 0.6 is 27.5 Å². The van der Waals surface area contributed by atoms with Crippen LogP contribution in [0.1, 0.15) is 15.9 Å². The molecule has 0 atom stereocenters. The van der Waals surface area contributed by atoms with Crippen LogP contribution in [0.5, 0.6) is 0 Å². The summed E-state index contributed by atoms with van der Waals surface area (Å²) in [5, 5.41) is 0.472. The molecule has 2 aromatic rings. The minimum absolute atomic E-state index is 0.00164. The Bertz CT molecular complexity index is 664. The predicted molar refractivity (Wildman–Crippen MR) is 79.1 cm³/mol. The summed E-state index contributed by atoms with van der Waals surface area (Å²) in [6.45, 7) is -0.0130. The van der Waals surface area contributed by atoms with Crippen LogP contribution in [0.3, 0.4) is 0 Å². The number of benzene rings is 2. The first kappa shape index (κ1) is 14.8. The fourth-order valence-electron chi connectivity index (χ4n) is 1.57. The van der Waals surface area contributed by atoms with Gasteiger partial charge in [0.15, 0.2) is 0 Å². The van der Waals surface area contributed by atoms with Gasteiger partial charge in [-0.2, -0.15) is 0 Å². The molecule has 20 heavy (non-hydrogen) atoms. The molecule has 0 radical (unpaired) electrons. The highest BCUT2D eigenvalue weighted by Gasteiger charge is 2.13. The molecule has 2 aromatic carbocycles. The number of anilines is 1. The van der Waals surface area contributed by atoms with Gasteiger partial charge in [0.25, 0.3) is 0 Å². The predicted octanol–water partition coefficient (Wildman–Crippen LogP) is 4.18. The van der Waals surface area contributed by atoms with E-state index in [1.165, 1.54) is 12.1 Å². The molecule has 0 unspecified atom stereocenters. The van der Waals surface area contributed by atoms with Crippen LogP contribution in [0, 0.1) is 5.82 Å². The minimum atomic E-state index is -0.694. The smallest absolute Gasteiger partial charge is 0.340 e. The molecule has 0 saturated heterocycles. The zero-order chi connectivity index (χ0) is 14.7. The molecule has 0 heterocycles. The lowest BCUT2D eigenvalue weighted by atomic mass is 10.2. The second kappa shape index (κ2) is 6.24. The maximum Gasteiger partial charge on any atom is 0.340 e. The number of halogens is 3. The number of hydrogen-bond donors (Lipinski definition) is 1. The molecule has 104 valence electrons. The highest BCUT2D eigenvalue weighted by Crippen LogP contribution is 2.23. The van der Waals surface area contributed by atoms with E-state index in [9.17, 15) is 9.18 Å². The monoisotopic (exact) mass is 357 g/mol. The van der Waals surface area contributed by atoms with Crippen molar-refractivity contribution in [2.75, 3.05) is 5.73 Å². The summed E-state index contributed by atoms with van der Waals surface area (Å²) >= 11 is 9.29. The maximum atomic E-state index is 13.1. The van der Waals surface area contributed by atoms with Crippen LogP contribution in [0.4, 0.5) is 10.1 Å². The van der Waals surface area contributed by atoms with Gasteiger partial charge in [-0.3, -0.25) is 0 Å². The Morgan fingerprint density at radius 1 is 1.30 bits per heavy atom. The van der Waals surface area contributed by atoms with E-state index >= 15 is 0 Å². The zero-order valence-corrected chi connectivity index (χ0v) is 12.5. The largest absolute Gasteiger partial charge is 0.457 e. The van der Waals surface area contributed by atoms with E-state index in [0.717, 1.165) is 10.5 Å². The van der Waals surface area contributed by atoms with Crippen molar-refractivity contribution in [3.63, 3.8) is 0 Å². The van der Waals surface area contributed by atoms with Gasteiger partial charge in [-0.15, -0.1) is 0 Å². The van der Waals surface area contributed by atoms with E-state index < -0.39 is 11.8 Å². The van der Waals surface area contributed by atoms with Crippen molar-refractivity contribution in [3.05, 3.63) is 62.8 Å². The Balaban J connectivity index is 2.10. The topological polar surface area (TPSA) is 52.3 Å². The summed E-state index contributed by atoms with van der Waals surface area (Å²) < 4.78 is 19.0. The number of carbonyl (C=O) groups is 1. The fourth-order valence-corrected chi connectivity index (χ4v) is 2.29. The molecule has 0 aliphatic carbocycles. The third-order valence-electron chi connectivity index (χ3n) is 2.61. The summed E-state index contributed by atoms with van der Waals surface area (Å²) in [6.07, 6.45) is 0. The number of nitrogen functional groups attached to an aromatic ring is 1. The van der Waals surface area contributed by atoms with Crippen LogP contribution < -0.4 is 5.73 Å². The van der Waals surface area contributed by atoms with Gasteiger partial charge in [0.1, 0.15) is 12.4 Å². The van der Waals surface area contributed by atoms with Gasteiger partial charge in [-0.25, -0.2) is 9.18 Å². The fraction of sp³-hybridized carbons (Fsp3) is 0.0714. The SMILES string of the molecule is Nc1ccc(F)cc1C(=O)OCc1ccc(Br)cc1Cl. The molecule has 0 amide bonds. The van der Waals surface area contributed by atoms with Crippen molar-refractivity contribution in [1.29, 1.82) is 0 Å². The summed E-state index contributed by atoms with van der Waals surface area (Å²) in [6, 6.07) is 8.75. The van der Waals surface area contributed by atoms with Gasteiger partial charge in [-0.05, 0) is 30.3 Å². The van der Waals surface area contributed by atoms with Gasteiger partial charge in [0, 0.05) is 20.7 Å². The first-order valence-corrected chi connectivity index (χ1v) is 6.80. The molecule has 0 bridgehead atoms. The summed E-state index contributed by atoms with van der Waals surface area (Å²) in [5.41, 5.74) is 6.42. The van der Waals surface area contributed by atoms with Crippen molar-refractivity contribution < 1.29 is 13.9 Å². The minimum Gasteiger partial charge on any atom is -0.457 e. The molecule has 6 heteroatoms. The first-order chi connectivity index (χ1) is 9.47. The quantitative estimate of drug-likeness (QED) is 0.661. The maximum absolute atomic E-state index is 13.1. The number of ether oxygens (including phenoxy) is 1. The lowest BCUT2D eigenvalue weighted by Crippen LogP contribution is -2.09. The van der Waals surface area contributed by atoms with E-state index in [0.29, 0.717) is 10.6 Å². The standard InChI is InChI=1S/C14H10BrClFNO2/c15-9-2-1-8(12(16)5-9)7-20-14(19)11-6-10(17)3-4-13(11)18/h1-6H,7,18H2. The van der Waals surface area contributed by atoms with Gasteiger partial charge < -0.3 is 10.5 Å². The van der Waals surface area contributed by atoms with Crippen molar-refractivity contribution >= 4 is 39.2 Å². The first-order valence-electron chi connectivity index (χ1n) is 5.63.